The van der Waals surface area contributed by atoms with Gasteiger partial charge in [0.2, 0.25) is 5.63 Å². The standard InChI is InChI=1S/C26H30F3N3O3S/c1-26(34,18-8-9-18)24(33)32-11-10-21(30-36(35)25(29)31-12-13-31)22(32)15-17-5-3-7-20(23(17)28)16-4-2-6-19(27)14-16/h2-7,14,18,21-22,25,30,34H,8-13,15H2,1H3. The number of amides is 1. The highest BCUT2D eigenvalue weighted by Crippen LogP contribution is 2.41. The van der Waals surface area contributed by atoms with Crippen LogP contribution in [0.1, 0.15) is 31.7 Å². The topological polar surface area (TPSA) is 72.7 Å². The molecule has 2 heterocycles. The van der Waals surface area contributed by atoms with E-state index < -0.39 is 51.8 Å². The van der Waals surface area contributed by atoms with Gasteiger partial charge in [-0.05, 0) is 61.8 Å². The summed E-state index contributed by atoms with van der Waals surface area (Å²) in [5.41, 5.74) is -2.28. The second kappa shape index (κ2) is 9.89. The minimum atomic E-state index is -2.02. The van der Waals surface area contributed by atoms with Crippen molar-refractivity contribution in [3.05, 3.63) is 59.7 Å². The Morgan fingerprint density at radius 1 is 1.17 bits per heavy atom. The molecule has 0 aromatic heterocycles. The van der Waals surface area contributed by atoms with E-state index in [2.05, 4.69) is 4.72 Å². The van der Waals surface area contributed by atoms with Gasteiger partial charge >= 0.3 is 0 Å². The summed E-state index contributed by atoms with van der Waals surface area (Å²) in [5, 5.41) is 10.9. The molecule has 2 N–H and O–H groups in total. The Morgan fingerprint density at radius 3 is 2.56 bits per heavy atom. The minimum Gasteiger partial charge on any atom is -0.380 e. The lowest BCUT2D eigenvalue weighted by molar-refractivity contribution is -0.152. The Hall–Kier alpha value is -2.27. The molecule has 1 saturated carbocycles. The first-order chi connectivity index (χ1) is 17.2. The van der Waals surface area contributed by atoms with Gasteiger partial charge in [0, 0.05) is 31.2 Å². The molecule has 3 aliphatic rings. The van der Waals surface area contributed by atoms with Crippen molar-refractivity contribution in [3.8, 4) is 11.1 Å². The number of carbonyl (C=O) groups excluding carboxylic acids is 1. The van der Waals surface area contributed by atoms with Crippen LogP contribution in [0.3, 0.4) is 0 Å². The third kappa shape index (κ3) is 5.09. The molecule has 6 nitrogen and oxygen atoms in total. The van der Waals surface area contributed by atoms with Gasteiger partial charge in [-0.1, -0.05) is 30.3 Å². The molecule has 10 heteroatoms. The molecule has 36 heavy (non-hydrogen) atoms. The average Bonchev–Trinajstić information content (AvgIpc) is 3.77. The van der Waals surface area contributed by atoms with Crippen molar-refractivity contribution in [2.24, 2.45) is 5.92 Å². The molecule has 0 radical (unpaired) electrons. The smallest absolute Gasteiger partial charge is 0.254 e. The van der Waals surface area contributed by atoms with Crippen LogP contribution in [0.5, 0.6) is 0 Å². The number of benzene rings is 2. The van der Waals surface area contributed by atoms with E-state index in [0.717, 1.165) is 12.8 Å². The monoisotopic (exact) mass is 521 g/mol. The molecule has 0 bridgehead atoms. The number of rotatable bonds is 9. The summed E-state index contributed by atoms with van der Waals surface area (Å²) in [4.78, 5) is 16.3. The van der Waals surface area contributed by atoms with Crippen molar-refractivity contribution >= 4 is 16.9 Å². The van der Waals surface area contributed by atoms with Gasteiger partial charge in [-0.25, -0.2) is 22.1 Å². The molecule has 5 rings (SSSR count). The fourth-order valence-electron chi connectivity index (χ4n) is 5.05. The number of hydrogen-bond donors (Lipinski definition) is 2. The fraction of sp³-hybridized carbons (Fsp3) is 0.500. The minimum absolute atomic E-state index is 0.0665. The number of hydrogen-bond acceptors (Lipinski definition) is 4. The van der Waals surface area contributed by atoms with Crippen molar-refractivity contribution in [2.75, 3.05) is 19.6 Å². The van der Waals surface area contributed by atoms with Gasteiger partial charge in [-0.3, -0.25) is 9.69 Å². The maximum absolute atomic E-state index is 15.7. The predicted molar refractivity (Wildman–Crippen MR) is 130 cm³/mol. The van der Waals surface area contributed by atoms with Gasteiger partial charge in [-0.15, -0.1) is 0 Å². The van der Waals surface area contributed by atoms with Crippen LogP contribution in [0, 0.1) is 17.6 Å². The molecule has 2 aromatic rings. The molecule has 2 aromatic carbocycles. The van der Waals surface area contributed by atoms with E-state index >= 15 is 4.39 Å². The molecular formula is C26H30F3N3O3S. The lowest BCUT2D eigenvalue weighted by atomic mass is 9.94. The quantitative estimate of drug-likeness (QED) is 0.393. The summed E-state index contributed by atoms with van der Waals surface area (Å²) < 4.78 is 59.3. The van der Waals surface area contributed by atoms with Gasteiger partial charge in [0.25, 0.3) is 5.91 Å². The number of nitrogens with one attached hydrogen (secondary N) is 1. The molecule has 5 atom stereocenters. The number of nitrogens with zero attached hydrogens (tertiary/aromatic N) is 2. The largest absolute Gasteiger partial charge is 0.380 e. The highest BCUT2D eigenvalue weighted by atomic mass is 32.2. The van der Waals surface area contributed by atoms with Crippen LogP contribution >= 0.6 is 0 Å². The molecule has 5 unspecified atom stereocenters. The van der Waals surface area contributed by atoms with Crippen LogP contribution in [-0.2, 0) is 22.2 Å². The van der Waals surface area contributed by atoms with E-state index in [1.54, 1.807) is 24.3 Å². The van der Waals surface area contributed by atoms with Crippen LogP contribution in [0.15, 0.2) is 42.5 Å². The lowest BCUT2D eigenvalue weighted by Crippen LogP contribution is -2.54. The average molecular weight is 522 g/mol. The van der Waals surface area contributed by atoms with E-state index in [9.17, 15) is 22.9 Å². The maximum Gasteiger partial charge on any atom is 0.254 e. The van der Waals surface area contributed by atoms with Crippen LogP contribution < -0.4 is 4.72 Å². The first kappa shape index (κ1) is 25.4. The summed E-state index contributed by atoms with van der Waals surface area (Å²) in [7, 11) is -2.02. The molecule has 3 fully saturated rings. The fourth-order valence-corrected chi connectivity index (χ4v) is 6.22. The van der Waals surface area contributed by atoms with Crippen molar-refractivity contribution in [1.82, 2.24) is 14.5 Å². The molecule has 1 aliphatic carbocycles. The maximum atomic E-state index is 15.7. The van der Waals surface area contributed by atoms with E-state index in [0.29, 0.717) is 30.6 Å². The number of halogens is 3. The van der Waals surface area contributed by atoms with Gasteiger partial charge < -0.3 is 10.0 Å². The Kier molecular flexibility index (Phi) is 6.97. The number of carbonyl (C=O) groups is 1. The zero-order valence-corrected chi connectivity index (χ0v) is 20.8. The van der Waals surface area contributed by atoms with Crippen LogP contribution in [-0.4, -0.2) is 68.0 Å². The van der Waals surface area contributed by atoms with Gasteiger partial charge in [-0.2, -0.15) is 0 Å². The molecular weight excluding hydrogens is 491 g/mol. The first-order valence-electron chi connectivity index (χ1n) is 12.3. The van der Waals surface area contributed by atoms with Gasteiger partial charge in [0.1, 0.15) is 28.2 Å². The Bertz CT molecular complexity index is 1170. The van der Waals surface area contributed by atoms with E-state index in [1.165, 1.54) is 34.9 Å². The lowest BCUT2D eigenvalue weighted by Gasteiger charge is -2.34. The SMILES string of the molecule is CC(O)(C(=O)N1CCC(NS(=O)C(F)N2CC2)C1Cc1cccc(-c2cccc(F)c2)c1F)C1CC1. The normalized spacial score (nSPS) is 25.4. The first-order valence-corrected chi connectivity index (χ1v) is 13.5. The van der Waals surface area contributed by atoms with E-state index in [4.69, 9.17) is 0 Å². The summed E-state index contributed by atoms with van der Waals surface area (Å²) in [6.07, 6.45) is 1.97. The molecule has 1 amide bonds. The van der Waals surface area contributed by atoms with Crippen molar-refractivity contribution in [1.29, 1.82) is 0 Å². The summed E-state index contributed by atoms with van der Waals surface area (Å²) in [5.74, 6) is -1.60. The van der Waals surface area contributed by atoms with Crippen molar-refractivity contribution in [2.45, 2.75) is 55.9 Å². The summed E-state index contributed by atoms with van der Waals surface area (Å²) >= 11 is 0. The molecule has 0 spiro atoms. The van der Waals surface area contributed by atoms with Crippen molar-refractivity contribution in [3.63, 3.8) is 0 Å². The van der Waals surface area contributed by atoms with Crippen molar-refractivity contribution < 1.29 is 27.3 Å². The second-order valence-electron chi connectivity index (χ2n) is 10.1. The number of alkyl halides is 1. The van der Waals surface area contributed by atoms with E-state index in [-0.39, 0.29) is 24.4 Å². The Balaban J connectivity index is 1.43. The van der Waals surface area contributed by atoms with Gasteiger partial charge in [0.15, 0.2) is 0 Å². The van der Waals surface area contributed by atoms with Crippen LogP contribution in [0.25, 0.3) is 11.1 Å². The molecule has 2 saturated heterocycles. The predicted octanol–water partition coefficient (Wildman–Crippen LogP) is 3.13. The third-order valence-corrected chi connectivity index (χ3v) is 8.65. The van der Waals surface area contributed by atoms with Gasteiger partial charge in [0.05, 0.1) is 6.04 Å². The Labute approximate surface area is 211 Å². The highest BCUT2D eigenvalue weighted by Gasteiger charge is 2.51. The van der Waals surface area contributed by atoms with Crippen LogP contribution in [0.2, 0.25) is 0 Å². The zero-order valence-electron chi connectivity index (χ0n) is 20.0. The molecule has 2 aliphatic heterocycles. The Morgan fingerprint density at radius 2 is 1.89 bits per heavy atom. The second-order valence-corrected chi connectivity index (χ2v) is 11.3. The summed E-state index contributed by atoms with van der Waals surface area (Å²) in [6.45, 7) is 2.85. The van der Waals surface area contributed by atoms with Crippen LogP contribution in [0.4, 0.5) is 13.2 Å². The highest BCUT2D eigenvalue weighted by molar-refractivity contribution is 7.83. The van der Waals surface area contributed by atoms with E-state index in [1.807, 2.05) is 0 Å². The molecule has 194 valence electrons. The number of likely N-dealkylation sites (tertiary alicyclic amines) is 1. The third-order valence-electron chi connectivity index (χ3n) is 7.47. The summed E-state index contributed by atoms with van der Waals surface area (Å²) in [6, 6.07) is 9.28. The number of aliphatic hydroxyl groups is 1. The zero-order chi connectivity index (χ0) is 25.6.